The number of nitrogens with one attached hydrogen (secondary N) is 2. The fourth-order valence-corrected chi connectivity index (χ4v) is 3.74. The van der Waals surface area contributed by atoms with E-state index in [0.29, 0.717) is 16.5 Å². The Morgan fingerprint density at radius 2 is 2.03 bits per heavy atom. The summed E-state index contributed by atoms with van der Waals surface area (Å²) >= 11 is 13.0. The minimum Gasteiger partial charge on any atom is -0.501 e. The lowest BCUT2D eigenvalue weighted by Gasteiger charge is -2.09. The average Bonchev–Trinajstić information content (AvgIpc) is 3.13. The molecule has 0 aliphatic rings. The monoisotopic (exact) mass is 469 g/mol. The van der Waals surface area contributed by atoms with E-state index >= 15 is 0 Å². The van der Waals surface area contributed by atoms with Crippen LogP contribution in [-0.2, 0) is 11.2 Å². The summed E-state index contributed by atoms with van der Waals surface area (Å²) in [6.07, 6.45) is -0.395. The van der Waals surface area contributed by atoms with E-state index in [1.54, 1.807) is 23.6 Å². The van der Waals surface area contributed by atoms with Crippen molar-refractivity contribution >= 4 is 52.3 Å². The zero-order valence-electron chi connectivity index (χ0n) is 14.9. The predicted molar refractivity (Wildman–Crippen MR) is 112 cm³/mol. The van der Waals surface area contributed by atoms with Crippen LogP contribution in [0.5, 0.6) is 5.75 Å². The Labute approximate surface area is 182 Å². The molecule has 2 heterocycles. The first-order valence-electron chi connectivity index (χ1n) is 8.28. The van der Waals surface area contributed by atoms with Gasteiger partial charge in [0.05, 0.1) is 17.2 Å². The highest BCUT2D eigenvalue weighted by Gasteiger charge is 2.20. The summed E-state index contributed by atoms with van der Waals surface area (Å²) in [4.78, 5) is 41.4. The van der Waals surface area contributed by atoms with Gasteiger partial charge in [0.25, 0.3) is 5.56 Å². The van der Waals surface area contributed by atoms with Crippen molar-refractivity contribution in [2.24, 2.45) is 0 Å². The third-order valence-corrected chi connectivity index (χ3v) is 5.34. The van der Waals surface area contributed by atoms with E-state index in [2.05, 4.69) is 15.3 Å². The third kappa shape index (κ3) is 4.90. The smallest absolute Gasteiger partial charge is 0.411 e. The van der Waals surface area contributed by atoms with Crippen LogP contribution in [-0.4, -0.2) is 38.9 Å². The van der Waals surface area contributed by atoms with Crippen LogP contribution in [0.3, 0.4) is 0 Å². The lowest BCUT2D eigenvalue weighted by molar-refractivity contribution is 0.0686. The van der Waals surface area contributed by atoms with Gasteiger partial charge in [-0.25, -0.2) is 14.6 Å². The van der Waals surface area contributed by atoms with Crippen molar-refractivity contribution in [3.63, 3.8) is 0 Å². The number of anilines is 1. The van der Waals surface area contributed by atoms with Crippen molar-refractivity contribution in [1.82, 2.24) is 9.97 Å². The molecular formula is C18H13Cl2N3O6S. The lowest BCUT2D eigenvalue weighted by atomic mass is 10.2. The molecule has 0 aliphatic carbocycles. The van der Waals surface area contributed by atoms with Crippen molar-refractivity contribution in [2.75, 3.05) is 11.9 Å². The zero-order valence-corrected chi connectivity index (χ0v) is 17.3. The molecule has 9 nitrogen and oxygen atoms in total. The molecule has 4 N–H and O–H groups in total. The number of aromatic amines is 1. The number of halogens is 2. The molecule has 156 valence electrons. The maximum absolute atomic E-state index is 12.1. The molecule has 0 saturated carbocycles. The highest BCUT2D eigenvalue weighted by molar-refractivity contribution is 7.14. The van der Waals surface area contributed by atoms with Crippen LogP contribution in [0.1, 0.15) is 16.1 Å². The van der Waals surface area contributed by atoms with E-state index in [9.17, 15) is 19.5 Å². The summed E-state index contributed by atoms with van der Waals surface area (Å²) in [7, 11) is 0. The maximum atomic E-state index is 12.1. The molecule has 12 heteroatoms. The van der Waals surface area contributed by atoms with Gasteiger partial charge in [-0.05, 0) is 29.1 Å². The second-order valence-corrected chi connectivity index (χ2v) is 7.59. The standard InChI is InChI=1S/C18H13Cl2N3O6S/c19-9-2-1-8(10(20)7-9)3-5-29-18(28)21-11-4-6-30-14(11)15-22-12(17(26)27)13(24)16(25)23-15/h1-2,4,6-7,24H,3,5H2,(H,21,28)(H,26,27)(H,22,23,25). The fourth-order valence-electron chi connectivity index (χ4n) is 2.44. The highest BCUT2D eigenvalue weighted by atomic mass is 35.5. The summed E-state index contributed by atoms with van der Waals surface area (Å²) in [5, 5.41) is 23.7. The molecule has 1 aromatic carbocycles. The summed E-state index contributed by atoms with van der Waals surface area (Å²) < 4.78 is 5.14. The number of rotatable bonds is 6. The first-order valence-corrected chi connectivity index (χ1v) is 9.92. The number of thiophene rings is 1. The molecule has 0 saturated heterocycles. The van der Waals surface area contributed by atoms with Gasteiger partial charge in [-0.2, -0.15) is 0 Å². The normalized spacial score (nSPS) is 10.6. The lowest BCUT2D eigenvalue weighted by Crippen LogP contribution is -2.17. The third-order valence-electron chi connectivity index (χ3n) is 3.83. The number of aromatic hydroxyl groups is 1. The van der Waals surface area contributed by atoms with E-state index in [1.165, 1.54) is 6.07 Å². The van der Waals surface area contributed by atoms with E-state index in [4.69, 9.17) is 33.0 Å². The largest absolute Gasteiger partial charge is 0.501 e. The van der Waals surface area contributed by atoms with Gasteiger partial charge in [-0.1, -0.05) is 29.3 Å². The number of ether oxygens (including phenoxy) is 1. The van der Waals surface area contributed by atoms with Crippen molar-refractivity contribution in [2.45, 2.75) is 6.42 Å². The van der Waals surface area contributed by atoms with Crippen molar-refractivity contribution in [3.8, 4) is 16.5 Å². The highest BCUT2D eigenvalue weighted by Crippen LogP contribution is 2.31. The number of aromatic nitrogens is 2. The number of carboxylic acid groups (broad SMARTS) is 1. The molecule has 0 fully saturated rings. The summed E-state index contributed by atoms with van der Waals surface area (Å²) in [6.45, 7) is 0.0457. The number of amides is 1. The number of hydrogen-bond donors (Lipinski definition) is 4. The van der Waals surface area contributed by atoms with Crippen molar-refractivity contribution in [3.05, 3.63) is 61.3 Å². The van der Waals surface area contributed by atoms with Crippen LogP contribution < -0.4 is 10.9 Å². The second kappa shape index (κ2) is 9.16. The maximum Gasteiger partial charge on any atom is 0.411 e. The molecule has 0 aliphatic heterocycles. The second-order valence-electron chi connectivity index (χ2n) is 5.83. The SMILES string of the molecule is O=C(Nc1ccsc1-c1nc(C(=O)O)c(O)c(=O)[nH]1)OCCc1ccc(Cl)cc1Cl. The number of carbonyl (C=O) groups excluding carboxylic acids is 1. The molecule has 0 unspecified atom stereocenters. The molecule has 3 rings (SSSR count). The van der Waals surface area contributed by atoms with Gasteiger partial charge in [-0.3, -0.25) is 10.1 Å². The molecule has 0 radical (unpaired) electrons. The quantitative estimate of drug-likeness (QED) is 0.427. The van der Waals surface area contributed by atoms with E-state index in [1.807, 2.05) is 0 Å². The Kier molecular flexibility index (Phi) is 6.60. The van der Waals surface area contributed by atoms with Gasteiger partial charge in [0.15, 0.2) is 11.5 Å². The number of carboxylic acids is 1. The molecule has 30 heavy (non-hydrogen) atoms. The number of benzene rings is 1. The van der Waals surface area contributed by atoms with Crippen LogP contribution in [0.2, 0.25) is 10.0 Å². The number of aromatic carboxylic acids is 1. The first-order chi connectivity index (χ1) is 14.3. The Bertz CT molecular complexity index is 1180. The Morgan fingerprint density at radius 1 is 1.27 bits per heavy atom. The summed E-state index contributed by atoms with van der Waals surface area (Å²) in [5.74, 6) is -2.68. The molecule has 3 aromatic rings. The average molecular weight is 470 g/mol. The van der Waals surface area contributed by atoms with Crippen LogP contribution in [0.15, 0.2) is 34.4 Å². The van der Waals surface area contributed by atoms with Crippen LogP contribution >= 0.6 is 34.5 Å². The Balaban J connectivity index is 1.69. The molecule has 1 amide bonds. The molecular weight excluding hydrogens is 457 g/mol. The van der Waals surface area contributed by atoms with Crippen molar-refractivity contribution < 1.29 is 24.5 Å². The molecule has 0 atom stereocenters. The van der Waals surface area contributed by atoms with Gasteiger partial charge in [-0.15, -0.1) is 11.3 Å². The van der Waals surface area contributed by atoms with Crippen LogP contribution in [0.4, 0.5) is 10.5 Å². The van der Waals surface area contributed by atoms with Gasteiger partial charge in [0, 0.05) is 16.5 Å². The minimum absolute atomic E-state index is 0.0457. The van der Waals surface area contributed by atoms with E-state index in [-0.39, 0.29) is 23.0 Å². The fraction of sp³-hybridized carbons (Fsp3) is 0.111. The Hall–Kier alpha value is -3.08. The summed E-state index contributed by atoms with van der Waals surface area (Å²) in [6, 6.07) is 6.53. The Morgan fingerprint density at radius 3 is 2.73 bits per heavy atom. The number of carbonyl (C=O) groups is 2. The topological polar surface area (TPSA) is 142 Å². The van der Waals surface area contributed by atoms with Gasteiger partial charge in [0.2, 0.25) is 5.75 Å². The predicted octanol–water partition coefficient (Wildman–Crippen LogP) is 4.00. The van der Waals surface area contributed by atoms with Gasteiger partial charge >= 0.3 is 12.1 Å². The van der Waals surface area contributed by atoms with Crippen molar-refractivity contribution in [1.29, 1.82) is 0 Å². The van der Waals surface area contributed by atoms with Crippen LogP contribution in [0.25, 0.3) is 10.7 Å². The summed E-state index contributed by atoms with van der Waals surface area (Å²) in [5.41, 5.74) is -0.799. The number of nitrogens with zero attached hydrogens (tertiary/aromatic N) is 1. The van der Waals surface area contributed by atoms with Gasteiger partial charge in [0.1, 0.15) is 0 Å². The van der Waals surface area contributed by atoms with E-state index < -0.39 is 29.1 Å². The van der Waals surface area contributed by atoms with Gasteiger partial charge < -0.3 is 19.9 Å². The number of H-pyrrole nitrogens is 1. The molecule has 2 aromatic heterocycles. The molecule has 0 spiro atoms. The van der Waals surface area contributed by atoms with E-state index in [0.717, 1.165) is 16.9 Å². The van der Waals surface area contributed by atoms with Crippen LogP contribution in [0, 0.1) is 0 Å². The molecule has 0 bridgehead atoms. The number of hydrogen-bond acceptors (Lipinski definition) is 7. The minimum atomic E-state index is -1.56. The zero-order chi connectivity index (χ0) is 21.8. The first kappa shape index (κ1) is 21.6.